The molecule has 1 aliphatic heterocycles. The van der Waals surface area contributed by atoms with E-state index in [1.165, 1.54) is 6.07 Å². The molecule has 1 aliphatic rings. The van der Waals surface area contributed by atoms with Gasteiger partial charge in [0.25, 0.3) is 0 Å². The van der Waals surface area contributed by atoms with E-state index < -0.39 is 11.7 Å². The molecule has 1 saturated heterocycles. The van der Waals surface area contributed by atoms with Crippen LogP contribution in [0.15, 0.2) is 18.2 Å². The molecule has 19 heavy (non-hydrogen) atoms. The van der Waals surface area contributed by atoms with Crippen LogP contribution in [0.4, 0.5) is 18.9 Å². The summed E-state index contributed by atoms with van der Waals surface area (Å²) in [6, 6.07) is 4.22. The van der Waals surface area contributed by atoms with Crippen LogP contribution in [0.25, 0.3) is 0 Å². The molecule has 1 fully saturated rings. The van der Waals surface area contributed by atoms with Gasteiger partial charge in [-0.2, -0.15) is 13.2 Å². The fraction of sp³-hybridized carbons (Fsp3) is 0.538. The van der Waals surface area contributed by atoms with E-state index in [0.717, 1.165) is 6.07 Å². The zero-order valence-corrected chi connectivity index (χ0v) is 10.7. The largest absolute Gasteiger partial charge is 0.418 e. The van der Waals surface area contributed by atoms with E-state index in [0.29, 0.717) is 25.3 Å². The van der Waals surface area contributed by atoms with Crippen LogP contribution in [0.1, 0.15) is 18.1 Å². The third kappa shape index (κ3) is 3.01. The maximum absolute atomic E-state index is 13.1. The molecule has 1 atom stereocenters. The maximum Gasteiger partial charge on any atom is 0.418 e. The summed E-state index contributed by atoms with van der Waals surface area (Å²) in [5.41, 5.74) is 5.49. The van der Waals surface area contributed by atoms with Gasteiger partial charge in [-0.25, -0.2) is 0 Å². The number of rotatable bonds is 2. The highest BCUT2D eigenvalue weighted by Gasteiger charge is 2.36. The van der Waals surface area contributed by atoms with Crippen molar-refractivity contribution in [2.24, 2.45) is 5.73 Å². The molecule has 0 spiro atoms. The molecule has 0 aromatic heterocycles. The maximum atomic E-state index is 13.1. The van der Waals surface area contributed by atoms with Crippen molar-refractivity contribution in [3.05, 3.63) is 29.3 Å². The van der Waals surface area contributed by atoms with Gasteiger partial charge >= 0.3 is 6.18 Å². The molecule has 0 radical (unpaired) electrons. The molecule has 1 heterocycles. The third-order valence-corrected chi connectivity index (χ3v) is 3.28. The lowest BCUT2D eigenvalue weighted by Crippen LogP contribution is -2.44. The monoisotopic (exact) mass is 274 g/mol. The first-order valence-corrected chi connectivity index (χ1v) is 6.18. The van der Waals surface area contributed by atoms with E-state index in [9.17, 15) is 13.2 Å². The van der Waals surface area contributed by atoms with Gasteiger partial charge in [0.1, 0.15) is 0 Å². The molecule has 1 unspecified atom stereocenters. The van der Waals surface area contributed by atoms with Crippen molar-refractivity contribution in [1.29, 1.82) is 0 Å². The summed E-state index contributed by atoms with van der Waals surface area (Å²) in [6.45, 7) is 3.31. The van der Waals surface area contributed by atoms with Gasteiger partial charge in [-0.05, 0) is 24.6 Å². The number of nitrogens with two attached hydrogens (primary N) is 1. The third-order valence-electron chi connectivity index (χ3n) is 3.28. The molecule has 2 N–H and O–H groups in total. The average Bonchev–Trinajstić information content (AvgIpc) is 2.38. The number of alkyl halides is 3. The van der Waals surface area contributed by atoms with Crippen molar-refractivity contribution in [3.8, 4) is 0 Å². The molecule has 2 rings (SSSR count). The molecule has 3 nitrogen and oxygen atoms in total. The summed E-state index contributed by atoms with van der Waals surface area (Å²) in [6.07, 6.45) is -4.38. The normalized spacial score (nSPS) is 20.7. The highest BCUT2D eigenvalue weighted by molar-refractivity contribution is 5.57. The van der Waals surface area contributed by atoms with Crippen molar-refractivity contribution < 1.29 is 17.9 Å². The van der Waals surface area contributed by atoms with Crippen LogP contribution >= 0.6 is 0 Å². The lowest BCUT2D eigenvalue weighted by atomic mass is 10.1. The van der Waals surface area contributed by atoms with Gasteiger partial charge in [0.05, 0.1) is 18.8 Å². The summed E-state index contributed by atoms with van der Waals surface area (Å²) >= 11 is 0. The standard InChI is InChI=1S/C13H17F3N2O/c1-9-8-19-5-4-18(9)12-3-2-10(7-17)6-11(12)13(14,15)16/h2-3,6,9H,4-5,7-8,17H2,1H3. The molecule has 6 heteroatoms. The Bertz CT molecular complexity index is 448. The Balaban J connectivity index is 2.43. The second-order valence-electron chi connectivity index (χ2n) is 4.67. The molecule has 1 aromatic rings. The first kappa shape index (κ1) is 14.1. The summed E-state index contributed by atoms with van der Waals surface area (Å²) in [5, 5.41) is 0. The number of hydrogen-bond acceptors (Lipinski definition) is 3. The van der Waals surface area contributed by atoms with Gasteiger partial charge in [0.2, 0.25) is 0 Å². The lowest BCUT2D eigenvalue weighted by Gasteiger charge is -2.36. The van der Waals surface area contributed by atoms with E-state index in [1.54, 1.807) is 11.0 Å². The second-order valence-corrected chi connectivity index (χ2v) is 4.67. The van der Waals surface area contributed by atoms with Crippen LogP contribution in [0, 0.1) is 0 Å². The van der Waals surface area contributed by atoms with Crippen LogP contribution < -0.4 is 10.6 Å². The zero-order chi connectivity index (χ0) is 14.0. The lowest BCUT2D eigenvalue weighted by molar-refractivity contribution is -0.137. The minimum absolute atomic E-state index is 0.0708. The first-order chi connectivity index (χ1) is 8.93. The average molecular weight is 274 g/mol. The Kier molecular flexibility index (Phi) is 4.01. The quantitative estimate of drug-likeness (QED) is 0.900. The molecule has 106 valence electrons. The summed E-state index contributed by atoms with van der Waals surface area (Å²) in [5.74, 6) is 0. The summed E-state index contributed by atoms with van der Waals surface area (Å²) < 4.78 is 44.7. The SMILES string of the molecule is CC1COCCN1c1ccc(CN)cc1C(F)(F)F. The van der Waals surface area contributed by atoms with Crippen LogP contribution in [-0.2, 0) is 17.5 Å². The predicted octanol–water partition coefficient (Wildman–Crippen LogP) is 2.39. The van der Waals surface area contributed by atoms with Gasteiger partial charge in [0, 0.05) is 24.8 Å². The van der Waals surface area contributed by atoms with Crippen molar-refractivity contribution in [1.82, 2.24) is 0 Å². The zero-order valence-electron chi connectivity index (χ0n) is 10.7. The van der Waals surface area contributed by atoms with Gasteiger partial charge < -0.3 is 15.4 Å². The van der Waals surface area contributed by atoms with Crippen molar-refractivity contribution in [2.45, 2.75) is 25.7 Å². The molecule has 1 aromatic carbocycles. The number of morpholine rings is 1. The molecular formula is C13H17F3N2O. The predicted molar refractivity (Wildman–Crippen MR) is 67.0 cm³/mol. The van der Waals surface area contributed by atoms with Gasteiger partial charge in [0.15, 0.2) is 0 Å². The minimum atomic E-state index is -4.38. The fourth-order valence-corrected chi connectivity index (χ4v) is 2.27. The van der Waals surface area contributed by atoms with Crippen LogP contribution in [0.2, 0.25) is 0 Å². The smallest absolute Gasteiger partial charge is 0.377 e. The highest BCUT2D eigenvalue weighted by atomic mass is 19.4. The first-order valence-electron chi connectivity index (χ1n) is 6.18. The Morgan fingerprint density at radius 3 is 2.74 bits per heavy atom. The van der Waals surface area contributed by atoms with Crippen LogP contribution in [0.5, 0.6) is 0 Å². The van der Waals surface area contributed by atoms with E-state index in [2.05, 4.69) is 0 Å². The molecular weight excluding hydrogens is 257 g/mol. The Hall–Kier alpha value is -1.27. The van der Waals surface area contributed by atoms with Gasteiger partial charge in [-0.1, -0.05) is 6.07 Å². The highest BCUT2D eigenvalue weighted by Crippen LogP contribution is 2.38. The van der Waals surface area contributed by atoms with E-state index in [4.69, 9.17) is 10.5 Å². The molecule has 0 bridgehead atoms. The number of halogens is 3. The topological polar surface area (TPSA) is 38.5 Å². The van der Waals surface area contributed by atoms with Gasteiger partial charge in [-0.3, -0.25) is 0 Å². The Morgan fingerprint density at radius 2 is 2.16 bits per heavy atom. The van der Waals surface area contributed by atoms with Crippen molar-refractivity contribution >= 4 is 5.69 Å². The van der Waals surface area contributed by atoms with Crippen molar-refractivity contribution in [2.75, 3.05) is 24.7 Å². The Labute approximate surface area is 110 Å². The number of hydrogen-bond donors (Lipinski definition) is 1. The summed E-state index contributed by atoms with van der Waals surface area (Å²) in [4.78, 5) is 1.74. The van der Waals surface area contributed by atoms with Crippen molar-refractivity contribution in [3.63, 3.8) is 0 Å². The van der Waals surface area contributed by atoms with Crippen LogP contribution in [0.3, 0.4) is 0 Å². The fourth-order valence-electron chi connectivity index (χ4n) is 2.27. The molecule has 0 amide bonds. The minimum Gasteiger partial charge on any atom is -0.377 e. The second kappa shape index (κ2) is 5.38. The number of ether oxygens (including phenoxy) is 1. The Morgan fingerprint density at radius 1 is 1.42 bits per heavy atom. The molecule has 0 aliphatic carbocycles. The summed E-state index contributed by atoms with van der Waals surface area (Å²) in [7, 11) is 0. The van der Waals surface area contributed by atoms with E-state index >= 15 is 0 Å². The molecule has 0 saturated carbocycles. The van der Waals surface area contributed by atoms with E-state index in [-0.39, 0.29) is 18.3 Å². The number of nitrogens with zero attached hydrogens (tertiary/aromatic N) is 1. The number of anilines is 1. The number of benzene rings is 1. The van der Waals surface area contributed by atoms with Crippen LogP contribution in [-0.4, -0.2) is 25.8 Å². The van der Waals surface area contributed by atoms with E-state index in [1.807, 2.05) is 6.92 Å². The van der Waals surface area contributed by atoms with Gasteiger partial charge in [-0.15, -0.1) is 0 Å².